The summed E-state index contributed by atoms with van der Waals surface area (Å²) in [6.07, 6.45) is 4.92. The highest BCUT2D eigenvalue weighted by Gasteiger charge is 2.30. The van der Waals surface area contributed by atoms with E-state index in [9.17, 15) is 14.0 Å². The van der Waals surface area contributed by atoms with Gasteiger partial charge in [0.25, 0.3) is 5.91 Å². The molecule has 10 nitrogen and oxygen atoms in total. The fourth-order valence-corrected chi connectivity index (χ4v) is 4.38. The van der Waals surface area contributed by atoms with E-state index >= 15 is 0 Å². The normalized spacial score (nSPS) is 16.6. The van der Waals surface area contributed by atoms with E-state index in [4.69, 9.17) is 16.2 Å². The van der Waals surface area contributed by atoms with Crippen LogP contribution in [0.1, 0.15) is 62.0 Å². The molecular formula is C25H32FN7O3. The number of anilines is 1. The number of rotatable bonds is 5. The lowest BCUT2D eigenvalue weighted by Gasteiger charge is -2.26. The second kappa shape index (κ2) is 10.00. The van der Waals surface area contributed by atoms with Crippen LogP contribution in [0.5, 0.6) is 0 Å². The molecular weight excluding hydrogens is 465 g/mol. The maximum absolute atomic E-state index is 14.1. The van der Waals surface area contributed by atoms with E-state index in [0.717, 1.165) is 12.8 Å². The zero-order chi connectivity index (χ0) is 26.0. The van der Waals surface area contributed by atoms with E-state index in [-0.39, 0.29) is 35.9 Å². The molecule has 1 aliphatic heterocycles. The van der Waals surface area contributed by atoms with Crippen molar-refractivity contribution < 1.29 is 18.7 Å². The van der Waals surface area contributed by atoms with Gasteiger partial charge in [0.15, 0.2) is 0 Å². The van der Waals surface area contributed by atoms with Crippen LogP contribution in [0.4, 0.5) is 15.0 Å². The maximum Gasteiger partial charge on any atom is 0.410 e. The van der Waals surface area contributed by atoms with Crippen LogP contribution >= 0.6 is 0 Å². The molecule has 2 aromatic heterocycles. The van der Waals surface area contributed by atoms with Gasteiger partial charge in [0.2, 0.25) is 0 Å². The molecule has 1 saturated heterocycles. The summed E-state index contributed by atoms with van der Waals surface area (Å²) in [5.74, 6) is -0.843. The van der Waals surface area contributed by atoms with Crippen molar-refractivity contribution in [3.05, 3.63) is 53.6 Å². The molecule has 3 aromatic rings. The zero-order valence-corrected chi connectivity index (χ0v) is 20.8. The Bertz CT molecular complexity index is 1260. The fourth-order valence-electron chi connectivity index (χ4n) is 4.38. The van der Waals surface area contributed by atoms with Crippen LogP contribution in [0.25, 0.3) is 11.3 Å². The molecule has 2 amide bonds. The van der Waals surface area contributed by atoms with Gasteiger partial charge in [-0.3, -0.25) is 9.48 Å². The van der Waals surface area contributed by atoms with Gasteiger partial charge < -0.3 is 21.1 Å². The molecule has 1 fully saturated rings. The van der Waals surface area contributed by atoms with Crippen LogP contribution < -0.4 is 11.5 Å². The molecule has 4 rings (SSSR count). The third-order valence-corrected chi connectivity index (χ3v) is 6.09. The van der Waals surface area contributed by atoms with Crippen LogP contribution in [0.2, 0.25) is 0 Å². The lowest BCUT2D eigenvalue weighted by Crippen LogP contribution is -2.37. The number of nitrogens with two attached hydrogens (primary N) is 2. The minimum Gasteiger partial charge on any atom is -0.444 e. The summed E-state index contributed by atoms with van der Waals surface area (Å²) in [7, 11) is 0. The summed E-state index contributed by atoms with van der Waals surface area (Å²) in [6, 6.07) is 6.34. The van der Waals surface area contributed by atoms with Crippen molar-refractivity contribution in [2.75, 3.05) is 18.8 Å². The van der Waals surface area contributed by atoms with Gasteiger partial charge in [-0.25, -0.2) is 13.9 Å². The summed E-state index contributed by atoms with van der Waals surface area (Å²) >= 11 is 0. The van der Waals surface area contributed by atoms with Crippen molar-refractivity contribution in [1.29, 1.82) is 0 Å². The van der Waals surface area contributed by atoms with E-state index < -0.39 is 11.5 Å². The van der Waals surface area contributed by atoms with Crippen LogP contribution in [-0.2, 0) is 11.3 Å². The van der Waals surface area contributed by atoms with Crippen molar-refractivity contribution >= 4 is 17.8 Å². The van der Waals surface area contributed by atoms with Gasteiger partial charge in [0.05, 0.1) is 18.8 Å². The van der Waals surface area contributed by atoms with Gasteiger partial charge in [-0.1, -0.05) is 18.2 Å². The average Bonchev–Trinajstić information content (AvgIpc) is 3.30. The van der Waals surface area contributed by atoms with Gasteiger partial charge in [0, 0.05) is 30.4 Å². The Kier molecular flexibility index (Phi) is 7.00. The smallest absolute Gasteiger partial charge is 0.410 e. The number of aromatic nitrogens is 4. The number of carbonyl (C=O) groups excluding carboxylic acids is 2. The van der Waals surface area contributed by atoms with Gasteiger partial charge in [-0.2, -0.15) is 10.2 Å². The molecule has 0 saturated carbocycles. The first-order valence-corrected chi connectivity index (χ1v) is 12.0. The van der Waals surface area contributed by atoms with Gasteiger partial charge in [0.1, 0.15) is 28.5 Å². The van der Waals surface area contributed by atoms with E-state index in [0.29, 0.717) is 36.3 Å². The number of primary amides is 1. The quantitative estimate of drug-likeness (QED) is 0.553. The highest BCUT2D eigenvalue weighted by atomic mass is 19.1. The van der Waals surface area contributed by atoms with Crippen LogP contribution in [0.15, 0.2) is 36.7 Å². The Labute approximate surface area is 209 Å². The highest BCUT2D eigenvalue weighted by Crippen LogP contribution is 2.32. The Morgan fingerprint density at radius 3 is 2.64 bits per heavy atom. The van der Waals surface area contributed by atoms with Gasteiger partial charge >= 0.3 is 6.09 Å². The Morgan fingerprint density at radius 2 is 1.94 bits per heavy atom. The molecule has 36 heavy (non-hydrogen) atoms. The number of carbonyl (C=O) groups is 2. The number of halogens is 1. The van der Waals surface area contributed by atoms with Crippen molar-refractivity contribution in [3.8, 4) is 11.3 Å². The topological polar surface area (TPSA) is 134 Å². The van der Waals surface area contributed by atoms with E-state index in [1.165, 1.54) is 6.07 Å². The first kappa shape index (κ1) is 25.2. The third-order valence-electron chi connectivity index (χ3n) is 6.09. The third kappa shape index (κ3) is 5.50. The number of hydrogen-bond acceptors (Lipinski definition) is 6. The van der Waals surface area contributed by atoms with E-state index in [1.807, 2.05) is 20.8 Å². The van der Waals surface area contributed by atoms with E-state index in [2.05, 4.69) is 10.2 Å². The standard InChI is InChI=1S/C25H32FN7O3/c1-25(2,3)36-24(35)31-11-6-8-18(10-12-31)33-22(27)20(23(28)34)21(30-33)17-13-29-32(15-17)14-16-7-4-5-9-19(16)26/h4-5,7,9,13,15,18H,6,8,10-12,14,27H2,1-3H3,(H2,28,34)/t18-/m0/s1. The second-order valence-electron chi connectivity index (χ2n) is 9.99. The summed E-state index contributed by atoms with van der Waals surface area (Å²) in [5, 5.41) is 8.97. The maximum atomic E-state index is 14.1. The summed E-state index contributed by atoms with van der Waals surface area (Å²) in [4.78, 5) is 26.6. The molecule has 0 radical (unpaired) electrons. The molecule has 0 bridgehead atoms. The van der Waals surface area contributed by atoms with Crippen LogP contribution in [0, 0.1) is 5.82 Å². The molecule has 3 heterocycles. The number of benzene rings is 1. The van der Waals surface area contributed by atoms with Crippen LogP contribution in [0.3, 0.4) is 0 Å². The summed E-state index contributed by atoms with van der Waals surface area (Å²) in [5.41, 5.74) is 13.0. The van der Waals surface area contributed by atoms with Gasteiger partial charge in [-0.15, -0.1) is 0 Å². The molecule has 4 N–H and O–H groups in total. The average molecular weight is 498 g/mol. The summed E-state index contributed by atoms with van der Waals surface area (Å²) in [6.45, 7) is 6.76. The van der Waals surface area contributed by atoms with Gasteiger partial charge in [-0.05, 0) is 46.1 Å². The number of likely N-dealkylation sites (tertiary alicyclic amines) is 1. The van der Waals surface area contributed by atoms with E-state index in [1.54, 1.807) is 44.9 Å². The number of ether oxygens (including phenoxy) is 1. The Balaban J connectivity index is 1.57. The second-order valence-corrected chi connectivity index (χ2v) is 9.99. The predicted molar refractivity (Wildman–Crippen MR) is 133 cm³/mol. The largest absolute Gasteiger partial charge is 0.444 e. The van der Waals surface area contributed by atoms with Crippen molar-refractivity contribution in [1.82, 2.24) is 24.5 Å². The van der Waals surface area contributed by atoms with Crippen molar-refractivity contribution in [2.24, 2.45) is 5.73 Å². The van der Waals surface area contributed by atoms with Crippen LogP contribution in [-0.4, -0.2) is 55.2 Å². The molecule has 0 spiro atoms. The molecule has 1 atom stereocenters. The number of amides is 2. The number of hydrogen-bond donors (Lipinski definition) is 2. The molecule has 1 aromatic carbocycles. The zero-order valence-electron chi connectivity index (χ0n) is 20.8. The monoisotopic (exact) mass is 497 g/mol. The number of nitrogen functional groups attached to an aromatic ring is 1. The SMILES string of the molecule is CC(C)(C)OC(=O)N1CCC[C@H](n2nc(-c3cnn(Cc4ccccc4F)c3)c(C(N)=O)c2N)CC1. The number of nitrogens with zero attached hydrogens (tertiary/aromatic N) is 5. The predicted octanol–water partition coefficient (Wildman–Crippen LogP) is 3.58. The molecule has 0 unspecified atom stereocenters. The molecule has 0 aliphatic carbocycles. The lowest BCUT2D eigenvalue weighted by molar-refractivity contribution is 0.0255. The first-order valence-electron chi connectivity index (χ1n) is 12.0. The minimum atomic E-state index is -0.695. The highest BCUT2D eigenvalue weighted by molar-refractivity contribution is 6.03. The lowest BCUT2D eigenvalue weighted by atomic mass is 10.1. The Hall–Kier alpha value is -3.89. The molecule has 1 aliphatic rings. The minimum absolute atomic E-state index is 0.119. The molecule has 192 valence electrons. The Morgan fingerprint density at radius 1 is 1.19 bits per heavy atom. The molecule has 11 heteroatoms. The summed E-state index contributed by atoms with van der Waals surface area (Å²) < 4.78 is 22.8. The fraction of sp³-hybridized carbons (Fsp3) is 0.440. The first-order chi connectivity index (χ1) is 17.0. The van der Waals surface area contributed by atoms with Crippen molar-refractivity contribution in [3.63, 3.8) is 0 Å². The van der Waals surface area contributed by atoms with Crippen molar-refractivity contribution in [2.45, 2.75) is 58.2 Å².